The Hall–Kier alpha value is -0.300. The highest BCUT2D eigenvalue weighted by Gasteiger charge is 2.21. The number of carbonyl (C=O) groups excluding carboxylic acids is 1. The first kappa shape index (κ1) is 16.8. The molecule has 0 radical (unpaired) electrons. The van der Waals surface area contributed by atoms with Crippen molar-refractivity contribution >= 4 is 53.2 Å². The van der Waals surface area contributed by atoms with Crippen molar-refractivity contribution in [2.75, 3.05) is 0 Å². The number of benzene rings is 1. The van der Waals surface area contributed by atoms with Crippen LogP contribution < -0.4 is 5.32 Å². The highest BCUT2D eigenvalue weighted by atomic mass is 79.9. The molecule has 0 aromatic heterocycles. The van der Waals surface area contributed by atoms with Crippen LogP contribution in [0.25, 0.3) is 0 Å². The minimum atomic E-state index is -3.95. The third kappa shape index (κ3) is 4.34. The van der Waals surface area contributed by atoms with Crippen molar-refractivity contribution in [3.05, 3.63) is 27.2 Å². The van der Waals surface area contributed by atoms with Crippen molar-refractivity contribution in [1.82, 2.24) is 5.32 Å². The van der Waals surface area contributed by atoms with Crippen LogP contribution in [0, 0.1) is 0 Å². The zero-order valence-electron chi connectivity index (χ0n) is 10.2. The van der Waals surface area contributed by atoms with Crippen LogP contribution in [0.4, 0.5) is 0 Å². The van der Waals surface area contributed by atoms with Gasteiger partial charge in [-0.2, -0.15) is 0 Å². The molecule has 0 heterocycles. The standard InChI is InChI=1S/C11H12BrCl2NO3S/c1-3-6(2)15-11(16)7-4-10(19(14,17)18)8(12)5-9(7)13/h4-6H,3H2,1-2H3,(H,15,16). The van der Waals surface area contributed by atoms with Crippen LogP contribution in [0.2, 0.25) is 5.02 Å². The van der Waals surface area contributed by atoms with Crippen LogP contribution in [0.15, 0.2) is 21.5 Å². The first-order valence-electron chi connectivity index (χ1n) is 5.41. The molecule has 1 rings (SSSR count). The van der Waals surface area contributed by atoms with Crippen LogP contribution in [-0.4, -0.2) is 20.4 Å². The van der Waals surface area contributed by atoms with Crippen LogP contribution in [-0.2, 0) is 9.05 Å². The first-order chi connectivity index (χ1) is 8.66. The fourth-order valence-electron chi connectivity index (χ4n) is 1.29. The lowest BCUT2D eigenvalue weighted by atomic mass is 10.2. The SMILES string of the molecule is CCC(C)NC(=O)c1cc(S(=O)(=O)Cl)c(Br)cc1Cl. The predicted octanol–water partition coefficient (Wildman–Crippen LogP) is 3.56. The number of amides is 1. The van der Waals surface area contributed by atoms with Gasteiger partial charge in [0, 0.05) is 21.2 Å². The Morgan fingerprint density at radius 3 is 2.53 bits per heavy atom. The van der Waals surface area contributed by atoms with E-state index in [9.17, 15) is 13.2 Å². The lowest BCUT2D eigenvalue weighted by Gasteiger charge is -2.13. The number of carbonyl (C=O) groups is 1. The van der Waals surface area contributed by atoms with Crippen molar-refractivity contribution in [1.29, 1.82) is 0 Å². The van der Waals surface area contributed by atoms with E-state index in [0.29, 0.717) is 0 Å². The molecule has 19 heavy (non-hydrogen) atoms. The fraction of sp³-hybridized carbons (Fsp3) is 0.364. The first-order valence-corrected chi connectivity index (χ1v) is 8.89. The summed E-state index contributed by atoms with van der Waals surface area (Å²) >= 11 is 9.00. The largest absolute Gasteiger partial charge is 0.350 e. The molecule has 1 N–H and O–H groups in total. The van der Waals surface area contributed by atoms with Crippen LogP contribution in [0.5, 0.6) is 0 Å². The third-order valence-corrected chi connectivity index (χ3v) is 5.11. The summed E-state index contributed by atoms with van der Waals surface area (Å²) in [5.74, 6) is -0.437. The van der Waals surface area contributed by atoms with Gasteiger partial charge in [-0.3, -0.25) is 4.79 Å². The van der Waals surface area contributed by atoms with Crippen LogP contribution >= 0.6 is 38.2 Å². The third-order valence-electron chi connectivity index (χ3n) is 2.52. The summed E-state index contributed by atoms with van der Waals surface area (Å²) in [6.45, 7) is 3.76. The van der Waals surface area contributed by atoms with Gasteiger partial charge in [-0.05, 0) is 41.4 Å². The maximum absolute atomic E-state index is 12.0. The summed E-state index contributed by atoms with van der Waals surface area (Å²) in [4.78, 5) is 11.8. The van der Waals surface area contributed by atoms with Gasteiger partial charge in [0.2, 0.25) is 0 Å². The molecule has 1 amide bonds. The van der Waals surface area contributed by atoms with E-state index >= 15 is 0 Å². The predicted molar refractivity (Wildman–Crippen MR) is 79.4 cm³/mol. The quantitative estimate of drug-likeness (QED) is 0.802. The molecule has 0 saturated heterocycles. The molecular formula is C11H12BrCl2NO3S. The van der Waals surface area contributed by atoms with E-state index < -0.39 is 15.0 Å². The fourth-order valence-corrected chi connectivity index (χ4v) is 3.87. The van der Waals surface area contributed by atoms with Gasteiger partial charge in [0.1, 0.15) is 0 Å². The van der Waals surface area contributed by atoms with Gasteiger partial charge < -0.3 is 5.32 Å². The van der Waals surface area contributed by atoms with Crippen LogP contribution in [0.3, 0.4) is 0 Å². The summed E-state index contributed by atoms with van der Waals surface area (Å²) in [5.41, 5.74) is 0.0735. The van der Waals surface area contributed by atoms with E-state index in [1.807, 2.05) is 13.8 Å². The van der Waals surface area contributed by atoms with E-state index in [0.717, 1.165) is 12.5 Å². The Balaban J connectivity index is 3.26. The number of nitrogens with one attached hydrogen (secondary N) is 1. The van der Waals surface area contributed by atoms with Crippen molar-refractivity contribution in [2.24, 2.45) is 0 Å². The minimum absolute atomic E-state index is 0.0386. The maximum Gasteiger partial charge on any atom is 0.262 e. The van der Waals surface area contributed by atoms with Gasteiger partial charge in [-0.25, -0.2) is 8.42 Å². The zero-order valence-corrected chi connectivity index (χ0v) is 14.1. The number of hydrogen-bond acceptors (Lipinski definition) is 3. The second-order valence-electron chi connectivity index (χ2n) is 3.98. The number of hydrogen-bond donors (Lipinski definition) is 1. The molecular weight excluding hydrogens is 377 g/mol. The van der Waals surface area contributed by atoms with Gasteiger partial charge >= 0.3 is 0 Å². The maximum atomic E-state index is 12.0. The van der Waals surface area contributed by atoms with Gasteiger partial charge in [-0.15, -0.1) is 0 Å². The number of halogens is 3. The smallest absolute Gasteiger partial charge is 0.262 e. The Labute approximate surface area is 130 Å². The summed E-state index contributed by atoms with van der Waals surface area (Å²) in [6, 6.07) is 2.46. The van der Waals surface area contributed by atoms with Crippen molar-refractivity contribution < 1.29 is 13.2 Å². The molecule has 1 atom stereocenters. The molecule has 0 aliphatic rings. The molecule has 0 aliphatic heterocycles. The summed E-state index contributed by atoms with van der Waals surface area (Å²) in [7, 11) is 1.34. The van der Waals surface area contributed by atoms with E-state index in [4.69, 9.17) is 22.3 Å². The lowest BCUT2D eigenvalue weighted by molar-refractivity contribution is 0.0939. The van der Waals surface area contributed by atoms with Gasteiger partial charge in [0.05, 0.1) is 15.5 Å². The average molecular weight is 389 g/mol. The molecule has 1 aromatic carbocycles. The Kier molecular flexibility index (Phi) is 5.67. The van der Waals surface area contributed by atoms with Crippen molar-refractivity contribution in [3.63, 3.8) is 0 Å². The minimum Gasteiger partial charge on any atom is -0.350 e. The van der Waals surface area contributed by atoms with Gasteiger partial charge in [0.15, 0.2) is 0 Å². The molecule has 8 heteroatoms. The molecule has 0 fully saturated rings. The van der Waals surface area contributed by atoms with E-state index in [1.54, 1.807) is 0 Å². The summed E-state index contributed by atoms with van der Waals surface area (Å²) in [5, 5.41) is 2.86. The molecule has 0 aliphatic carbocycles. The molecule has 1 unspecified atom stereocenters. The zero-order chi connectivity index (χ0) is 14.8. The Bertz CT molecular complexity index is 604. The highest BCUT2D eigenvalue weighted by Crippen LogP contribution is 2.31. The average Bonchev–Trinajstić information content (AvgIpc) is 2.26. The summed E-state index contributed by atoms with van der Waals surface area (Å²) < 4.78 is 23.0. The Morgan fingerprint density at radius 1 is 1.47 bits per heavy atom. The van der Waals surface area contributed by atoms with E-state index in [1.165, 1.54) is 6.07 Å². The highest BCUT2D eigenvalue weighted by molar-refractivity contribution is 9.10. The monoisotopic (exact) mass is 387 g/mol. The molecule has 0 spiro atoms. The normalized spacial score (nSPS) is 13.1. The Morgan fingerprint density at radius 2 is 2.05 bits per heavy atom. The number of rotatable bonds is 4. The van der Waals surface area contributed by atoms with Gasteiger partial charge in [-0.1, -0.05) is 18.5 Å². The van der Waals surface area contributed by atoms with Crippen molar-refractivity contribution in [2.45, 2.75) is 31.2 Å². The topological polar surface area (TPSA) is 63.2 Å². The molecule has 106 valence electrons. The van der Waals surface area contributed by atoms with Crippen LogP contribution in [0.1, 0.15) is 30.6 Å². The molecule has 0 bridgehead atoms. The van der Waals surface area contributed by atoms with Gasteiger partial charge in [0.25, 0.3) is 15.0 Å². The lowest BCUT2D eigenvalue weighted by Crippen LogP contribution is -2.32. The molecule has 1 aromatic rings. The summed E-state index contributed by atoms with van der Waals surface area (Å²) in [6.07, 6.45) is 0.751. The van der Waals surface area contributed by atoms with Crippen molar-refractivity contribution in [3.8, 4) is 0 Å². The van der Waals surface area contributed by atoms with E-state index in [2.05, 4.69) is 21.2 Å². The second kappa shape index (κ2) is 6.43. The van der Waals surface area contributed by atoms with E-state index in [-0.39, 0.29) is 26.0 Å². The molecule has 0 saturated carbocycles. The second-order valence-corrected chi connectivity index (χ2v) is 7.78. The molecule has 4 nitrogen and oxygen atoms in total.